The van der Waals surface area contributed by atoms with Crippen molar-refractivity contribution in [3.05, 3.63) is 71.8 Å². The van der Waals surface area contributed by atoms with Crippen LogP contribution in [0.2, 0.25) is 0 Å². The third kappa shape index (κ3) is 4.94. The lowest BCUT2D eigenvalue weighted by Crippen LogP contribution is -2.56. The summed E-state index contributed by atoms with van der Waals surface area (Å²) in [5.74, 6) is -3.40. The summed E-state index contributed by atoms with van der Waals surface area (Å²) in [6, 6.07) is 14.3. The van der Waals surface area contributed by atoms with Crippen LogP contribution in [-0.4, -0.2) is 53.7 Å². The van der Waals surface area contributed by atoms with E-state index in [-0.39, 0.29) is 18.9 Å². The molecular formula is C24H24F2N4O3. The number of nitrogens with zero attached hydrogens (tertiary/aromatic N) is 3. The number of benzene rings is 2. The molecule has 3 aromatic rings. The Labute approximate surface area is 190 Å². The van der Waals surface area contributed by atoms with E-state index >= 15 is 0 Å². The molecule has 172 valence electrons. The average Bonchev–Trinajstić information content (AvgIpc) is 2.81. The zero-order valence-electron chi connectivity index (χ0n) is 18.0. The fourth-order valence-corrected chi connectivity index (χ4v) is 3.83. The van der Waals surface area contributed by atoms with Crippen LogP contribution in [0.15, 0.2) is 54.6 Å². The van der Waals surface area contributed by atoms with Gasteiger partial charge in [0.1, 0.15) is 11.8 Å². The van der Waals surface area contributed by atoms with Gasteiger partial charge in [-0.3, -0.25) is 0 Å². The van der Waals surface area contributed by atoms with Gasteiger partial charge in [-0.1, -0.05) is 30.3 Å². The molecule has 2 heterocycles. The van der Waals surface area contributed by atoms with Crippen LogP contribution in [0, 0.1) is 11.6 Å². The molecule has 0 spiro atoms. The third-order valence-corrected chi connectivity index (χ3v) is 5.56. The summed E-state index contributed by atoms with van der Waals surface area (Å²) < 4.78 is 34.8. The topological polar surface area (TPSA) is 91.9 Å². The van der Waals surface area contributed by atoms with Crippen molar-refractivity contribution < 1.29 is 23.4 Å². The fraction of sp³-hybridized carbons (Fsp3) is 0.250. The number of ether oxygens (including phenoxy) is 1. The largest absolute Gasteiger partial charge is 0.480 e. The first-order valence-corrected chi connectivity index (χ1v) is 10.5. The van der Waals surface area contributed by atoms with Crippen molar-refractivity contribution in [3.63, 3.8) is 0 Å². The molecule has 33 heavy (non-hydrogen) atoms. The van der Waals surface area contributed by atoms with E-state index in [1.807, 2.05) is 35.2 Å². The first kappa shape index (κ1) is 22.6. The van der Waals surface area contributed by atoms with Crippen LogP contribution in [-0.2, 0) is 11.3 Å². The van der Waals surface area contributed by atoms with E-state index in [2.05, 4.69) is 4.98 Å². The number of aromatic nitrogens is 1. The molecule has 7 nitrogen and oxygen atoms in total. The molecule has 1 unspecified atom stereocenters. The Kier molecular flexibility index (Phi) is 6.52. The number of likely N-dealkylation sites (N-methyl/N-ethyl adjacent to an activating group) is 1. The summed E-state index contributed by atoms with van der Waals surface area (Å²) in [4.78, 5) is 18.9. The Morgan fingerprint density at radius 3 is 2.58 bits per heavy atom. The van der Waals surface area contributed by atoms with Crippen molar-refractivity contribution in [1.82, 2.24) is 9.88 Å². The minimum Gasteiger partial charge on any atom is -0.480 e. The highest BCUT2D eigenvalue weighted by Gasteiger charge is 2.34. The standard InChI is InChI=1S/C24H24F2N4O3/c1-29-8-9-30(21(14-29)24(31)32)22-19(25)12-20(26)23(28-22)33-18-7-3-6-17(11-18)16-5-2-4-15(10-16)13-27/h2-7,10-12,21H,8-9,13-14,27H2,1H3,(H,31,32). The van der Waals surface area contributed by atoms with E-state index in [0.29, 0.717) is 24.9 Å². The van der Waals surface area contributed by atoms with Crippen LogP contribution < -0.4 is 15.4 Å². The summed E-state index contributed by atoms with van der Waals surface area (Å²) >= 11 is 0. The summed E-state index contributed by atoms with van der Waals surface area (Å²) in [6.45, 7) is 1.34. The van der Waals surface area contributed by atoms with Crippen molar-refractivity contribution >= 4 is 11.8 Å². The smallest absolute Gasteiger partial charge is 0.327 e. The molecule has 0 radical (unpaired) electrons. The van der Waals surface area contributed by atoms with E-state index in [1.165, 1.54) is 4.90 Å². The van der Waals surface area contributed by atoms with Gasteiger partial charge in [0.05, 0.1) is 0 Å². The summed E-state index contributed by atoms with van der Waals surface area (Å²) in [6.07, 6.45) is 0. The quantitative estimate of drug-likeness (QED) is 0.589. The number of rotatable bonds is 6. The zero-order valence-corrected chi connectivity index (χ0v) is 18.0. The van der Waals surface area contributed by atoms with Gasteiger partial charge in [-0.25, -0.2) is 13.6 Å². The van der Waals surface area contributed by atoms with Gasteiger partial charge in [0.15, 0.2) is 17.5 Å². The number of pyridine rings is 1. The Balaban J connectivity index is 1.65. The summed E-state index contributed by atoms with van der Waals surface area (Å²) in [5, 5.41) is 9.58. The van der Waals surface area contributed by atoms with Gasteiger partial charge in [-0.2, -0.15) is 4.98 Å². The maximum absolute atomic E-state index is 14.6. The lowest BCUT2D eigenvalue weighted by Gasteiger charge is -2.38. The van der Waals surface area contributed by atoms with Crippen molar-refractivity contribution in [2.45, 2.75) is 12.6 Å². The molecule has 1 aliphatic rings. The van der Waals surface area contributed by atoms with Crippen molar-refractivity contribution in [2.24, 2.45) is 5.73 Å². The maximum Gasteiger partial charge on any atom is 0.327 e. The second kappa shape index (κ2) is 9.51. The van der Waals surface area contributed by atoms with E-state index in [0.717, 1.165) is 16.7 Å². The van der Waals surface area contributed by atoms with Crippen LogP contribution >= 0.6 is 0 Å². The van der Waals surface area contributed by atoms with Crippen LogP contribution in [0.25, 0.3) is 11.1 Å². The molecule has 1 saturated heterocycles. The number of carboxylic acid groups (broad SMARTS) is 1. The predicted molar refractivity (Wildman–Crippen MR) is 120 cm³/mol. The number of anilines is 1. The maximum atomic E-state index is 14.6. The highest BCUT2D eigenvalue weighted by atomic mass is 19.1. The first-order chi connectivity index (χ1) is 15.9. The number of hydrogen-bond acceptors (Lipinski definition) is 6. The monoisotopic (exact) mass is 454 g/mol. The lowest BCUT2D eigenvalue weighted by molar-refractivity contribution is -0.139. The van der Waals surface area contributed by atoms with E-state index < -0.39 is 29.5 Å². The molecule has 1 fully saturated rings. The van der Waals surface area contributed by atoms with Crippen LogP contribution in [0.1, 0.15) is 5.56 Å². The second-order valence-electron chi connectivity index (χ2n) is 7.92. The number of carbonyl (C=O) groups is 1. The van der Waals surface area contributed by atoms with Gasteiger partial charge >= 0.3 is 5.97 Å². The summed E-state index contributed by atoms with van der Waals surface area (Å²) in [7, 11) is 1.78. The minimum atomic E-state index is -1.11. The molecule has 2 aromatic carbocycles. The van der Waals surface area contributed by atoms with Gasteiger partial charge in [0, 0.05) is 32.2 Å². The van der Waals surface area contributed by atoms with Gasteiger partial charge < -0.3 is 25.4 Å². The van der Waals surface area contributed by atoms with Crippen molar-refractivity contribution in [2.75, 3.05) is 31.6 Å². The second-order valence-corrected chi connectivity index (χ2v) is 7.92. The molecule has 1 aliphatic heterocycles. The number of nitrogens with two attached hydrogens (primary N) is 1. The molecule has 1 aromatic heterocycles. The molecule has 0 saturated carbocycles. The third-order valence-electron chi connectivity index (χ3n) is 5.56. The van der Waals surface area contributed by atoms with Crippen LogP contribution in [0.5, 0.6) is 11.6 Å². The van der Waals surface area contributed by atoms with Crippen LogP contribution in [0.3, 0.4) is 0 Å². The SMILES string of the molecule is CN1CCN(c2nc(Oc3cccc(-c4cccc(CN)c4)c3)c(F)cc2F)C(C(=O)O)C1. The fourth-order valence-electron chi connectivity index (χ4n) is 3.83. The Bertz CT molecular complexity index is 1170. The average molecular weight is 454 g/mol. The summed E-state index contributed by atoms with van der Waals surface area (Å²) in [5.41, 5.74) is 8.43. The lowest BCUT2D eigenvalue weighted by atomic mass is 10.0. The molecule has 3 N–H and O–H groups in total. The van der Waals surface area contributed by atoms with Crippen LogP contribution in [0.4, 0.5) is 14.6 Å². The van der Waals surface area contributed by atoms with Gasteiger partial charge in [-0.15, -0.1) is 0 Å². The number of piperazine rings is 1. The normalized spacial score (nSPS) is 16.6. The van der Waals surface area contributed by atoms with E-state index in [9.17, 15) is 18.7 Å². The molecule has 9 heteroatoms. The number of carboxylic acids is 1. The van der Waals surface area contributed by atoms with Gasteiger partial charge in [-0.05, 0) is 41.9 Å². The minimum absolute atomic E-state index is 0.188. The highest BCUT2D eigenvalue weighted by molar-refractivity contribution is 5.78. The Morgan fingerprint density at radius 2 is 1.85 bits per heavy atom. The number of hydrogen-bond donors (Lipinski definition) is 2. The van der Waals surface area contributed by atoms with Gasteiger partial charge in [0.2, 0.25) is 0 Å². The zero-order chi connectivity index (χ0) is 23.5. The van der Waals surface area contributed by atoms with Crippen molar-refractivity contribution in [3.8, 4) is 22.8 Å². The predicted octanol–water partition coefficient (Wildman–Crippen LogP) is 3.48. The molecule has 4 rings (SSSR count). The molecule has 0 amide bonds. The molecular weight excluding hydrogens is 430 g/mol. The number of aliphatic carboxylic acids is 1. The Hall–Kier alpha value is -3.56. The first-order valence-electron chi connectivity index (χ1n) is 10.5. The molecule has 0 aliphatic carbocycles. The molecule has 0 bridgehead atoms. The molecule has 1 atom stereocenters. The Morgan fingerprint density at radius 1 is 1.12 bits per heavy atom. The van der Waals surface area contributed by atoms with Gasteiger partial charge in [0.25, 0.3) is 5.88 Å². The highest BCUT2D eigenvalue weighted by Crippen LogP contribution is 2.31. The van der Waals surface area contributed by atoms with E-state index in [1.54, 1.807) is 25.2 Å². The van der Waals surface area contributed by atoms with Crippen molar-refractivity contribution in [1.29, 1.82) is 0 Å². The number of halogens is 2. The van der Waals surface area contributed by atoms with E-state index in [4.69, 9.17) is 10.5 Å².